The van der Waals surface area contributed by atoms with Crippen molar-refractivity contribution in [3.8, 4) is 0 Å². The van der Waals surface area contributed by atoms with Crippen LogP contribution in [0.3, 0.4) is 0 Å². The van der Waals surface area contributed by atoms with Gasteiger partial charge in [-0.25, -0.2) is 0 Å². The van der Waals surface area contributed by atoms with Crippen LogP contribution in [0.25, 0.3) is 0 Å². The average molecular weight is 410 g/mol. The van der Waals surface area contributed by atoms with Crippen molar-refractivity contribution in [3.63, 3.8) is 0 Å². The molecule has 0 aromatic heterocycles. The Kier molecular flexibility index (Phi) is 6.49. The molecule has 4 rings (SSSR count). The number of benzene rings is 1. The molecule has 1 spiro atoms. The first-order chi connectivity index (χ1) is 13.3. The summed E-state index contributed by atoms with van der Waals surface area (Å²) in [5.41, 5.74) is 3.63. The summed E-state index contributed by atoms with van der Waals surface area (Å²) >= 11 is 0. The number of carbonyl (C=O) groups is 1. The molecule has 0 atom stereocenters. The predicted molar refractivity (Wildman–Crippen MR) is 104 cm³/mol. The van der Waals surface area contributed by atoms with Crippen LogP contribution in [-0.4, -0.2) is 65.9 Å². The highest BCUT2D eigenvalue weighted by atomic mass is 32.3. The van der Waals surface area contributed by atoms with Crippen molar-refractivity contribution in [1.29, 1.82) is 0 Å². The summed E-state index contributed by atoms with van der Waals surface area (Å²) in [5.74, 6) is 0.192. The Morgan fingerprint density at radius 1 is 1.14 bits per heavy atom. The van der Waals surface area contributed by atoms with E-state index < -0.39 is 10.4 Å². The number of amides is 1. The van der Waals surface area contributed by atoms with Crippen LogP contribution in [0.15, 0.2) is 29.3 Å². The van der Waals surface area contributed by atoms with Gasteiger partial charge in [0.05, 0.1) is 30.9 Å². The first kappa shape index (κ1) is 20.9. The van der Waals surface area contributed by atoms with Crippen molar-refractivity contribution in [3.05, 3.63) is 35.4 Å². The van der Waals surface area contributed by atoms with Crippen LogP contribution in [0.5, 0.6) is 0 Å². The first-order valence-corrected chi connectivity index (χ1v) is 10.9. The number of carbonyl (C=O) groups excluding carboxylic acids is 1. The summed E-state index contributed by atoms with van der Waals surface area (Å²) in [6.45, 7) is 2.72. The van der Waals surface area contributed by atoms with Gasteiger partial charge in [0.15, 0.2) is 0 Å². The molecule has 0 radical (unpaired) electrons. The van der Waals surface area contributed by atoms with Crippen LogP contribution in [0.1, 0.15) is 43.2 Å². The Morgan fingerprint density at radius 2 is 1.75 bits per heavy atom. The van der Waals surface area contributed by atoms with Crippen LogP contribution in [0, 0.1) is 0 Å². The molecule has 1 amide bonds. The second-order valence-corrected chi connectivity index (χ2v) is 8.34. The normalized spacial score (nSPS) is 20.8. The number of fused-ring (bicyclic) bond motifs is 1. The van der Waals surface area contributed by atoms with Crippen LogP contribution in [-0.2, 0) is 26.4 Å². The Hall–Kier alpha value is -1.81. The second-order valence-electron chi connectivity index (χ2n) is 7.44. The molecule has 154 valence electrons. The Balaban J connectivity index is 0.000000403. The summed E-state index contributed by atoms with van der Waals surface area (Å²) in [5, 5.41) is 0. The minimum atomic E-state index is -4.67. The fourth-order valence-corrected chi connectivity index (χ4v) is 4.22. The summed E-state index contributed by atoms with van der Waals surface area (Å²) in [4.78, 5) is 19.7. The smallest absolute Gasteiger partial charge is 0.378 e. The van der Waals surface area contributed by atoms with E-state index in [4.69, 9.17) is 27.3 Å². The van der Waals surface area contributed by atoms with E-state index in [9.17, 15) is 4.79 Å². The van der Waals surface area contributed by atoms with Gasteiger partial charge >= 0.3 is 10.4 Å². The topological polar surface area (TPSA) is 117 Å². The molecule has 2 fully saturated rings. The van der Waals surface area contributed by atoms with Crippen molar-refractivity contribution >= 4 is 22.0 Å². The zero-order chi connectivity index (χ0) is 20.2. The number of morpholine rings is 1. The maximum atomic E-state index is 12.7. The van der Waals surface area contributed by atoms with Gasteiger partial charge in [-0.2, -0.15) is 8.42 Å². The lowest BCUT2D eigenvalue weighted by molar-refractivity contribution is -0.133. The molecule has 3 aliphatic rings. The summed E-state index contributed by atoms with van der Waals surface area (Å²) < 4.78 is 36.9. The van der Waals surface area contributed by atoms with Gasteiger partial charge in [0.2, 0.25) is 5.91 Å². The van der Waals surface area contributed by atoms with Gasteiger partial charge in [-0.3, -0.25) is 18.9 Å². The molecule has 2 N–H and O–H groups in total. The number of hydrogen-bond donors (Lipinski definition) is 2. The molecule has 1 aliphatic carbocycles. The van der Waals surface area contributed by atoms with E-state index >= 15 is 0 Å². The third kappa shape index (κ3) is 5.60. The quantitative estimate of drug-likeness (QED) is 0.720. The van der Waals surface area contributed by atoms with Gasteiger partial charge in [0, 0.05) is 13.1 Å². The molecule has 0 unspecified atom stereocenters. The van der Waals surface area contributed by atoms with Gasteiger partial charge in [-0.05, 0) is 30.4 Å². The number of ether oxygens (including phenoxy) is 1. The van der Waals surface area contributed by atoms with Gasteiger partial charge in [-0.1, -0.05) is 37.1 Å². The fraction of sp³-hybridized carbons (Fsp3) is 0.579. The number of aliphatic imine (C=N–C) groups is 1. The molecule has 1 aromatic rings. The molecule has 0 bridgehead atoms. The largest absolute Gasteiger partial charge is 0.394 e. The lowest BCUT2D eigenvalue weighted by Gasteiger charge is -2.33. The van der Waals surface area contributed by atoms with Gasteiger partial charge in [0.25, 0.3) is 0 Å². The molecule has 2 aliphatic heterocycles. The number of nitrogens with zero attached hydrogens (tertiary/aromatic N) is 2. The molecule has 1 saturated carbocycles. The third-order valence-corrected chi connectivity index (χ3v) is 5.44. The third-order valence-electron chi connectivity index (χ3n) is 5.44. The van der Waals surface area contributed by atoms with E-state index in [1.807, 2.05) is 4.90 Å². The fourth-order valence-electron chi connectivity index (χ4n) is 4.22. The van der Waals surface area contributed by atoms with Crippen LogP contribution in [0.2, 0.25) is 0 Å². The molecular weight excluding hydrogens is 384 g/mol. The molecule has 1 saturated heterocycles. The maximum Gasteiger partial charge on any atom is 0.394 e. The first-order valence-electron chi connectivity index (χ1n) is 9.48. The summed E-state index contributed by atoms with van der Waals surface area (Å²) in [6.07, 6.45) is 6.32. The van der Waals surface area contributed by atoms with Crippen molar-refractivity contribution in [1.82, 2.24) is 4.90 Å². The minimum Gasteiger partial charge on any atom is -0.378 e. The van der Waals surface area contributed by atoms with E-state index in [1.54, 1.807) is 0 Å². The lowest BCUT2D eigenvalue weighted by Crippen LogP contribution is -2.42. The lowest BCUT2D eigenvalue weighted by atomic mass is 9.82. The number of hydrogen-bond acceptors (Lipinski definition) is 5. The summed E-state index contributed by atoms with van der Waals surface area (Å²) in [7, 11) is -4.67. The van der Waals surface area contributed by atoms with Crippen LogP contribution < -0.4 is 0 Å². The molecule has 9 heteroatoms. The highest BCUT2D eigenvalue weighted by Gasteiger charge is 2.38. The molecule has 1 aromatic carbocycles. The van der Waals surface area contributed by atoms with Gasteiger partial charge < -0.3 is 9.64 Å². The van der Waals surface area contributed by atoms with E-state index in [0.717, 1.165) is 25.0 Å². The average Bonchev–Trinajstić information content (AvgIpc) is 3.08. The van der Waals surface area contributed by atoms with Gasteiger partial charge in [-0.15, -0.1) is 0 Å². The highest BCUT2D eigenvalue weighted by molar-refractivity contribution is 7.79. The number of rotatable bonds is 2. The zero-order valence-corrected chi connectivity index (χ0v) is 16.5. The summed E-state index contributed by atoms with van der Waals surface area (Å²) in [6, 6.07) is 8.50. The maximum absolute atomic E-state index is 12.7. The highest BCUT2D eigenvalue weighted by Crippen LogP contribution is 2.40. The van der Waals surface area contributed by atoms with Crippen LogP contribution in [0.4, 0.5) is 0 Å². The zero-order valence-electron chi connectivity index (χ0n) is 15.7. The molecule has 2 heterocycles. The minimum absolute atomic E-state index is 0.0645. The van der Waals surface area contributed by atoms with Crippen molar-refractivity contribution in [2.45, 2.75) is 44.1 Å². The Labute approximate surface area is 165 Å². The Morgan fingerprint density at radius 3 is 2.39 bits per heavy atom. The van der Waals surface area contributed by atoms with Gasteiger partial charge in [0.1, 0.15) is 0 Å². The van der Waals surface area contributed by atoms with E-state index in [1.165, 1.54) is 24.0 Å². The monoisotopic (exact) mass is 410 g/mol. The second kappa shape index (κ2) is 8.69. The molecule has 28 heavy (non-hydrogen) atoms. The van der Waals surface area contributed by atoms with Crippen molar-refractivity contribution in [2.75, 3.05) is 26.3 Å². The van der Waals surface area contributed by atoms with E-state index in [0.29, 0.717) is 32.7 Å². The van der Waals surface area contributed by atoms with Crippen molar-refractivity contribution in [2.24, 2.45) is 4.99 Å². The van der Waals surface area contributed by atoms with Crippen LogP contribution >= 0.6 is 0 Å². The Bertz CT molecular complexity index is 832. The van der Waals surface area contributed by atoms with E-state index in [2.05, 4.69) is 24.3 Å². The predicted octanol–water partition coefficient (Wildman–Crippen LogP) is 1.94. The molecule has 8 nitrogen and oxygen atoms in total. The van der Waals surface area contributed by atoms with E-state index in [-0.39, 0.29) is 11.4 Å². The molecular formula is C19H26N2O6S. The SMILES string of the molecule is O=C(CC1=NC2(CCCC2)Cc2ccccc21)N1CCOCC1.O=S(=O)(O)O. The van der Waals surface area contributed by atoms with Crippen molar-refractivity contribution < 1.29 is 27.1 Å². The standard InChI is InChI=1S/C19H24N2O2.H2O4S/c22-18(21-9-11-23-12-10-21)13-17-16-6-2-1-5-15(16)14-19(20-17)7-3-4-8-19;1-5(2,3)4/h1-2,5-6H,3-4,7-14H2;(H2,1,2,3,4).